The normalized spacial score (nSPS) is 13.7. The van der Waals surface area contributed by atoms with Gasteiger partial charge in [0, 0.05) is 42.2 Å². The van der Waals surface area contributed by atoms with Gasteiger partial charge in [-0.1, -0.05) is 24.3 Å². The fraction of sp³-hybridized carbons (Fsp3) is 0.192. The molecule has 34 heavy (non-hydrogen) atoms. The lowest BCUT2D eigenvalue weighted by Crippen LogP contribution is -2.23. The highest BCUT2D eigenvalue weighted by Gasteiger charge is 2.24. The van der Waals surface area contributed by atoms with Gasteiger partial charge in [-0.15, -0.1) is 0 Å². The Kier molecular flexibility index (Phi) is 5.28. The summed E-state index contributed by atoms with van der Waals surface area (Å²) in [6, 6.07) is 14.8. The zero-order chi connectivity index (χ0) is 24.0. The first-order valence-electron chi connectivity index (χ1n) is 11.0. The lowest BCUT2D eigenvalue weighted by atomic mass is 10.1. The van der Waals surface area contributed by atoms with Crippen LogP contribution in [0.15, 0.2) is 65.6 Å². The molecule has 0 radical (unpaired) electrons. The molecule has 5 rings (SSSR count). The van der Waals surface area contributed by atoms with Gasteiger partial charge in [0.05, 0.1) is 11.6 Å². The molecule has 1 atom stereocenters. The summed E-state index contributed by atoms with van der Waals surface area (Å²) >= 11 is 0. The molecule has 0 aliphatic carbocycles. The average Bonchev–Trinajstić information content (AvgIpc) is 3.25. The van der Waals surface area contributed by atoms with E-state index in [4.69, 9.17) is 4.98 Å². The fourth-order valence-electron chi connectivity index (χ4n) is 4.49. The molecule has 0 spiro atoms. The van der Waals surface area contributed by atoms with Crippen molar-refractivity contribution in [3.8, 4) is 0 Å². The molecular weight excluding hydrogens is 435 g/mol. The van der Waals surface area contributed by atoms with Crippen molar-refractivity contribution < 1.29 is 14.3 Å². The van der Waals surface area contributed by atoms with Crippen molar-refractivity contribution >= 4 is 23.1 Å². The molecule has 2 N–H and O–H groups in total. The maximum atomic E-state index is 14.3. The Hall–Kier alpha value is -4.20. The first kappa shape index (κ1) is 21.6. The number of carboxylic acids is 1. The van der Waals surface area contributed by atoms with E-state index in [2.05, 4.69) is 5.32 Å². The number of hydrogen-bond donors (Lipinski definition) is 2. The topological polar surface area (TPSA) is 86.9 Å². The number of aromatic nitrogens is 2. The number of hydrogen-bond acceptors (Lipinski definition) is 5. The van der Waals surface area contributed by atoms with E-state index in [9.17, 15) is 19.1 Å². The molecule has 0 fully saturated rings. The van der Waals surface area contributed by atoms with Gasteiger partial charge in [0.1, 0.15) is 17.3 Å². The summed E-state index contributed by atoms with van der Waals surface area (Å²) in [5.74, 6) is -0.811. The Morgan fingerprint density at radius 2 is 1.94 bits per heavy atom. The minimum Gasteiger partial charge on any atom is -0.478 e. The van der Waals surface area contributed by atoms with Crippen LogP contribution in [0.1, 0.15) is 45.6 Å². The van der Waals surface area contributed by atoms with Crippen LogP contribution >= 0.6 is 0 Å². The van der Waals surface area contributed by atoms with E-state index in [0.29, 0.717) is 35.8 Å². The molecule has 7 nitrogen and oxygen atoms in total. The molecule has 0 unspecified atom stereocenters. The first-order chi connectivity index (χ1) is 16.3. The summed E-state index contributed by atoms with van der Waals surface area (Å²) in [7, 11) is 0. The number of pyridine rings is 1. The highest BCUT2D eigenvalue weighted by Crippen LogP contribution is 2.30. The van der Waals surface area contributed by atoms with Gasteiger partial charge in [-0.3, -0.25) is 9.20 Å². The summed E-state index contributed by atoms with van der Waals surface area (Å²) in [5, 5.41) is 12.8. The van der Waals surface area contributed by atoms with Gasteiger partial charge in [0.2, 0.25) is 0 Å². The quantitative estimate of drug-likeness (QED) is 0.457. The van der Waals surface area contributed by atoms with Crippen LogP contribution in [0.25, 0.3) is 5.65 Å². The van der Waals surface area contributed by atoms with Gasteiger partial charge in [0.15, 0.2) is 0 Å². The molecule has 0 bridgehead atoms. The molecule has 4 aromatic rings. The van der Waals surface area contributed by atoms with Crippen LogP contribution in [0.4, 0.5) is 15.9 Å². The third-order valence-corrected chi connectivity index (χ3v) is 6.16. The highest BCUT2D eigenvalue weighted by atomic mass is 19.1. The predicted molar refractivity (Wildman–Crippen MR) is 128 cm³/mol. The lowest BCUT2D eigenvalue weighted by molar-refractivity contribution is 0.0698. The molecule has 1 aliphatic heterocycles. The van der Waals surface area contributed by atoms with E-state index in [1.54, 1.807) is 30.5 Å². The number of fused-ring (bicyclic) bond motifs is 2. The van der Waals surface area contributed by atoms with Crippen molar-refractivity contribution in [1.82, 2.24) is 9.38 Å². The van der Waals surface area contributed by atoms with Crippen LogP contribution in [0.3, 0.4) is 0 Å². The largest absolute Gasteiger partial charge is 0.478 e. The number of halogens is 1. The number of carboxylic acid groups (broad SMARTS) is 1. The molecular formula is C26H23FN4O3. The standard InChI is InChI=1S/C26H23FN4O3/c1-15-10-19(16(2)28-22-9-4-3-7-18(22)26(33)34)25-29-23(11-24(32)31(25)12-15)30-13-17-6-5-8-21(27)20(17)14-30/h3-12,16,28H,13-14H2,1-2H3,(H,33,34)/t16-/m1/s1. The fourth-order valence-corrected chi connectivity index (χ4v) is 4.49. The number of anilines is 2. The van der Waals surface area contributed by atoms with Gasteiger partial charge in [-0.25, -0.2) is 14.2 Å². The summed E-state index contributed by atoms with van der Waals surface area (Å²) in [6.45, 7) is 4.59. The van der Waals surface area contributed by atoms with Crippen molar-refractivity contribution in [2.75, 3.05) is 10.2 Å². The minimum absolute atomic E-state index is 0.161. The Labute approximate surface area is 195 Å². The van der Waals surface area contributed by atoms with Crippen LogP contribution in [-0.2, 0) is 13.1 Å². The van der Waals surface area contributed by atoms with Gasteiger partial charge >= 0.3 is 5.97 Å². The Morgan fingerprint density at radius 1 is 1.15 bits per heavy atom. The highest BCUT2D eigenvalue weighted by molar-refractivity contribution is 5.94. The monoisotopic (exact) mass is 458 g/mol. The van der Waals surface area contributed by atoms with Crippen molar-refractivity contribution in [1.29, 1.82) is 0 Å². The van der Waals surface area contributed by atoms with Crippen molar-refractivity contribution in [3.63, 3.8) is 0 Å². The van der Waals surface area contributed by atoms with E-state index >= 15 is 0 Å². The van der Waals surface area contributed by atoms with Gasteiger partial charge in [-0.05, 0) is 49.2 Å². The zero-order valence-corrected chi connectivity index (χ0v) is 18.7. The van der Waals surface area contributed by atoms with Crippen LogP contribution < -0.4 is 15.8 Å². The van der Waals surface area contributed by atoms with E-state index < -0.39 is 5.97 Å². The lowest BCUT2D eigenvalue weighted by Gasteiger charge is -2.21. The molecule has 2 aromatic heterocycles. The van der Waals surface area contributed by atoms with Gasteiger partial charge in [0.25, 0.3) is 5.56 Å². The van der Waals surface area contributed by atoms with Gasteiger partial charge in [-0.2, -0.15) is 0 Å². The Balaban J connectivity index is 1.57. The third-order valence-electron chi connectivity index (χ3n) is 6.16. The first-order valence-corrected chi connectivity index (χ1v) is 11.0. The van der Waals surface area contributed by atoms with Crippen LogP contribution in [0, 0.1) is 12.7 Å². The SMILES string of the molecule is Cc1cc([C@@H](C)Nc2ccccc2C(=O)O)c2nc(N3Cc4cccc(F)c4C3)cc(=O)n2c1. The summed E-state index contributed by atoms with van der Waals surface area (Å²) in [6.07, 6.45) is 1.73. The zero-order valence-electron chi connectivity index (χ0n) is 18.7. The molecule has 8 heteroatoms. The number of aromatic carboxylic acids is 1. The van der Waals surface area contributed by atoms with Gasteiger partial charge < -0.3 is 15.3 Å². The summed E-state index contributed by atoms with van der Waals surface area (Å²) < 4.78 is 15.8. The summed E-state index contributed by atoms with van der Waals surface area (Å²) in [4.78, 5) is 31.4. The van der Waals surface area contributed by atoms with E-state index in [0.717, 1.165) is 16.7 Å². The van der Waals surface area contributed by atoms with Crippen molar-refractivity contribution in [3.05, 3.63) is 105 Å². The van der Waals surface area contributed by atoms with Crippen LogP contribution in [-0.4, -0.2) is 20.5 Å². The number of para-hydroxylation sites is 1. The molecule has 0 amide bonds. The van der Waals surface area contributed by atoms with E-state index in [-0.39, 0.29) is 23.0 Å². The van der Waals surface area contributed by atoms with Crippen LogP contribution in [0.5, 0.6) is 0 Å². The number of benzene rings is 2. The third kappa shape index (κ3) is 3.77. The second kappa shape index (κ2) is 8.30. The maximum Gasteiger partial charge on any atom is 0.337 e. The number of aryl methyl sites for hydroxylation is 1. The predicted octanol–water partition coefficient (Wildman–Crippen LogP) is 4.53. The molecule has 2 aromatic carbocycles. The molecule has 1 aliphatic rings. The van der Waals surface area contributed by atoms with Crippen molar-refractivity contribution in [2.45, 2.75) is 33.0 Å². The van der Waals surface area contributed by atoms with Crippen molar-refractivity contribution in [2.24, 2.45) is 0 Å². The molecule has 0 saturated carbocycles. The Bertz CT molecular complexity index is 1500. The molecule has 3 heterocycles. The Morgan fingerprint density at radius 3 is 2.71 bits per heavy atom. The number of rotatable bonds is 5. The average molecular weight is 458 g/mol. The van der Waals surface area contributed by atoms with Crippen LogP contribution in [0.2, 0.25) is 0 Å². The number of nitrogens with zero attached hydrogens (tertiary/aromatic N) is 3. The maximum absolute atomic E-state index is 14.3. The number of carbonyl (C=O) groups is 1. The minimum atomic E-state index is -1.03. The van der Waals surface area contributed by atoms with E-state index in [1.165, 1.54) is 22.6 Å². The molecule has 172 valence electrons. The smallest absolute Gasteiger partial charge is 0.337 e. The summed E-state index contributed by atoms with van der Waals surface area (Å²) in [5.41, 5.74) is 3.99. The molecule has 0 saturated heterocycles. The second-order valence-corrected chi connectivity index (χ2v) is 8.57. The van der Waals surface area contributed by atoms with E-state index in [1.807, 2.05) is 30.9 Å². The second-order valence-electron chi connectivity index (χ2n) is 8.57. The number of nitrogens with one attached hydrogen (secondary N) is 1.